The van der Waals surface area contributed by atoms with Crippen LogP contribution in [0.15, 0.2) is 56.8 Å². The van der Waals surface area contributed by atoms with Gasteiger partial charge in [-0.15, -0.1) is 0 Å². The molecule has 0 radical (unpaired) electrons. The molecule has 0 saturated carbocycles. The molecule has 0 spiro atoms. The number of aromatic nitrogens is 2. The molecular weight excluding hydrogens is 596 g/mol. The van der Waals surface area contributed by atoms with Crippen molar-refractivity contribution in [1.29, 1.82) is 5.26 Å². The van der Waals surface area contributed by atoms with Gasteiger partial charge in [0.15, 0.2) is 23.9 Å². The van der Waals surface area contributed by atoms with Crippen LogP contribution in [-0.4, -0.2) is 36.2 Å². The van der Waals surface area contributed by atoms with Gasteiger partial charge in [-0.2, -0.15) is 15.0 Å². The molecule has 10 heteroatoms. The van der Waals surface area contributed by atoms with Crippen LogP contribution in [0.2, 0.25) is 5.02 Å². The van der Waals surface area contributed by atoms with E-state index in [-0.39, 0.29) is 28.9 Å². The smallest absolute Gasteiger partial charge is 0.282 e. The highest BCUT2D eigenvalue weighted by molar-refractivity contribution is 9.10. The average Bonchev–Trinajstić information content (AvgIpc) is 2.94. The molecule has 0 aliphatic heterocycles. The van der Waals surface area contributed by atoms with Crippen LogP contribution < -0.4 is 19.8 Å². The van der Waals surface area contributed by atoms with E-state index in [4.69, 9.17) is 36.1 Å². The number of fused-ring (bicyclic) bond motifs is 1. The van der Waals surface area contributed by atoms with E-state index in [0.717, 1.165) is 22.4 Å². The summed E-state index contributed by atoms with van der Waals surface area (Å²) < 4.78 is 18.6. The van der Waals surface area contributed by atoms with Gasteiger partial charge in [-0.25, -0.2) is 4.98 Å². The number of methoxy groups -OCH3 is 1. The Morgan fingerprint density at radius 1 is 1.20 bits per heavy atom. The summed E-state index contributed by atoms with van der Waals surface area (Å²) in [7, 11) is 1.64. The predicted molar refractivity (Wildman–Crippen MR) is 161 cm³/mol. The van der Waals surface area contributed by atoms with Gasteiger partial charge >= 0.3 is 0 Å². The quantitative estimate of drug-likeness (QED) is 0.184. The lowest BCUT2D eigenvalue weighted by atomic mass is 9.96. The van der Waals surface area contributed by atoms with E-state index in [1.165, 1.54) is 10.9 Å². The third-order valence-electron chi connectivity index (χ3n) is 6.24. The number of hydrogen-bond acceptors (Lipinski definition) is 7. The minimum absolute atomic E-state index is 0.176. The van der Waals surface area contributed by atoms with Crippen molar-refractivity contribution in [3.8, 4) is 34.7 Å². The number of nitrogens with zero attached hydrogens (tertiary/aromatic N) is 4. The fourth-order valence-corrected chi connectivity index (χ4v) is 4.95. The van der Waals surface area contributed by atoms with E-state index in [0.29, 0.717) is 39.1 Å². The lowest BCUT2D eigenvalue weighted by molar-refractivity contribution is 0.298. The largest absolute Gasteiger partial charge is 0.496 e. The molecule has 0 saturated heterocycles. The van der Waals surface area contributed by atoms with E-state index in [1.54, 1.807) is 31.4 Å². The third-order valence-corrected chi connectivity index (χ3v) is 7.69. The van der Waals surface area contributed by atoms with Gasteiger partial charge in [-0.1, -0.05) is 37.6 Å². The highest BCUT2D eigenvalue weighted by Crippen LogP contribution is 2.42. The average molecular weight is 624 g/mol. The monoisotopic (exact) mass is 622 g/mol. The van der Waals surface area contributed by atoms with Crippen molar-refractivity contribution in [2.24, 2.45) is 5.10 Å². The molecule has 4 aromatic rings. The first kappa shape index (κ1) is 29.1. The number of rotatable bonds is 9. The zero-order chi connectivity index (χ0) is 29.0. The van der Waals surface area contributed by atoms with Gasteiger partial charge < -0.3 is 14.2 Å². The van der Waals surface area contributed by atoms with Crippen molar-refractivity contribution in [2.45, 2.75) is 33.6 Å². The second-order valence-corrected chi connectivity index (χ2v) is 10.3. The maximum absolute atomic E-state index is 13.8. The summed E-state index contributed by atoms with van der Waals surface area (Å²) in [6.45, 7) is 8.09. The van der Waals surface area contributed by atoms with Crippen LogP contribution in [0.5, 0.6) is 17.2 Å². The van der Waals surface area contributed by atoms with Crippen molar-refractivity contribution in [3.63, 3.8) is 0 Å². The van der Waals surface area contributed by atoms with Crippen molar-refractivity contribution >= 4 is 44.6 Å². The number of benzene rings is 3. The Hall–Kier alpha value is -3.87. The molecular formula is C30H28BrClN4O4. The molecule has 0 aliphatic rings. The zero-order valence-corrected chi connectivity index (χ0v) is 25.1. The molecule has 0 aliphatic carbocycles. The summed E-state index contributed by atoms with van der Waals surface area (Å²) in [6, 6.07) is 14.7. The molecule has 1 aromatic heterocycles. The Morgan fingerprint density at radius 3 is 2.62 bits per heavy atom. The first-order valence-electron chi connectivity index (χ1n) is 12.6. The number of halogens is 2. The van der Waals surface area contributed by atoms with Crippen LogP contribution in [-0.2, 0) is 0 Å². The summed E-state index contributed by atoms with van der Waals surface area (Å²) in [4.78, 5) is 18.6. The highest BCUT2D eigenvalue weighted by Gasteiger charge is 2.20. The minimum Gasteiger partial charge on any atom is -0.496 e. The predicted octanol–water partition coefficient (Wildman–Crippen LogP) is 7.10. The second-order valence-electron chi connectivity index (χ2n) is 9.18. The van der Waals surface area contributed by atoms with Gasteiger partial charge in [0, 0.05) is 15.6 Å². The van der Waals surface area contributed by atoms with Gasteiger partial charge in [0.2, 0.25) is 0 Å². The Kier molecular flexibility index (Phi) is 9.13. The third kappa shape index (κ3) is 5.69. The Morgan fingerprint density at radius 2 is 1.95 bits per heavy atom. The summed E-state index contributed by atoms with van der Waals surface area (Å²) >= 11 is 10.1. The van der Waals surface area contributed by atoms with Crippen molar-refractivity contribution < 1.29 is 14.2 Å². The van der Waals surface area contributed by atoms with Crippen molar-refractivity contribution in [3.05, 3.63) is 79.0 Å². The standard InChI is InChI=1S/C30H28BrClN4O4/c1-6-39-25-14-19(26(31)27(32)28(25)40-12-11-33)16-34-36-29(35-23-10-8-7-9-20(23)30(36)37)22-15-21(17(2)3)24(38-5)13-18(22)4/h7-10,13-17H,6,12H2,1-5H3. The van der Waals surface area contributed by atoms with Crippen LogP contribution in [0.25, 0.3) is 22.3 Å². The van der Waals surface area contributed by atoms with E-state index in [1.807, 2.05) is 38.1 Å². The topological polar surface area (TPSA) is 98.7 Å². The van der Waals surface area contributed by atoms with Gasteiger partial charge in [-0.05, 0) is 77.2 Å². The van der Waals surface area contributed by atoms with Crippen molar-refractivity contribution in [2.75, 3.05) is 20.3 Å². The fraction of sp³-hybridized carbons (Fsp3) is 0.267. The normalized spacial score (nSPS) is 11.3. The van der Waals surface area contributed by atoms with Gasteiger partial charge in [0.1, 0.15) is 16.8 Å². The molecule has 206 valence electrons. The number of hydrogen-bond donors (Lipinski definition) is 0. The fourth-order valence-electron chi connectivity index (χ4n) is 4.29. The molecule has 1 heterocycles. The van der Waals surface area contributed by atoms with Gasteiger partial charge in [0.05, 0.1) is 30.8 Å². The summed E-state index contributed by atoms with van der Waals surface area (Å²) in [5.74, 6) is 1.94. The first-order valence-corrected chi connectivity index (χ1v) is 13.8. The SMILES string of the molecule is CCOc1cc(C=Nn2c(-c3cc(C(C)C)c(OC)cc3C)nc3ccccc3c2=O)c(Br)c(Cl)c1OCC#N. The zero-order valence-electron chi connectivity index (χ0n) is 22.8. The molecule has 40 heavy (non-hydrogen) atoms. The number of nitriles is 1. The lowest BCUT2D eigenvalue weighted by Crippen LogP contribution is -2.21. The Balaban J connectivity index is 1.96. The van der Waals surface area contributed by atoms with Crippen LogP contribution in [0.4, 0.5) is 0 Å². The van der Waals surface area contributed by atoms with Gasteiger partial charge in [0.25, 0.3) is 5.56 Å². The number of ether oxygens (including phenoxy) is 3. The molecule has 0 atom stereocenters. The molecule has 0 N–H and O–H groups in total. The van der Waals surface area contributed by atoms with Crippen LogP contribution in [0.3, 0.4) is 0 Å². The first-order chi connectivity index (χ1) is 19.2. The molecule has 0 amide bonds. The molecule has 3 aromatic carbocycles. The second kappa shape index (κ2) is 12.5. The van der Waals surface area contributed by atoms with E-state index >= 15 is 0 Å². The van der Waals surface area contributed by atoms with E-state index in [9.17, 15) is 4.79 Å². The molecule has 0 bridgehead atoms. The van der Waals surface area contributed by atoms with Crippen molar-refractivity contribution in [1.82, 2.24) is 9.66 Å². The minimum atomic E-state index is -0.320. The molecule has 4 rings (SSSR count). The number of aryl methyl sites for hydroxylation is 1. The molecule has 0 fully saturated rings. The summed E-state index contributed by atoms with van der Waals surface area (Å²) in [5, 5.41) is 14.2. The van der Waals surface area contributed by atoms with Crippen LogP contribution in [0.1, 0.15) is 43.4 Å². The van der Waals surface area contributed by atoms with Crippen LogP contribution in [0, 0.1) is 18.3 Å². The maximum Gasteiger partial charge on any atom is 0.282 e. The van der Waals surface area contributed by atoms with E-state index in [2.05, 4.69) is 34.9 Å². The van der Waals surface area contributed by atoms with Crippen LogP contribution >= 0.6 is 27.5 Å². The molecule has 8 nitrogen and oxygen atoms in total. The Bertz CT molecular complexity index is 1710. The van der Waals surface area contributed by atoms with E-state index < -0.39 is 0 Å². The Labute approximate surface area is 245 Å². The number of para-hydroxylation sites is 1. The highest BCUT2D eigenvalue weighted by atomic mass is 79.9. The maximum atomic E-state index is 13.8. The molecule has 0 unspecified atom stereocenters. The van der Waals surface area contributed by atoms with Gasteiger partial charge in [-0.3, -0.25) is 4.79 Å². The lowest BCUT2D eigenvalue weighted by Gasteiger charge is -2.17. The summed E-state index contributed by atoms with van der Waals surface area (Å²) in [6.07, 6.45) is 1.51. The summed E-state index contributed by atoms with van der Waals surface area (Å²) in [5.41, 5.74) is 3.42.